The molecule has 6 heteroatoms. The fourth-order valence-electron chi connectivity index (χ4n) is 2.66. The van der Waals surface area contributed by atoms with E-state index in [0.717, 1.165) is 16.6 Å². The van der Waals surface area contributed by atoms with E-state index in [9.17, 15) is 4.79 Å². The number of fused-ring (bicyclic) bond motifs is 1. The highest BCUT2D eigenvalue weighted by Crippen LogP contribution is 2.20. The van der Waals surface area contributed by atoms with Crippen LogP contribution in [-0.2, 0) is 13.0 Å². The summed E-state index contributed by atoms with van der Waals surface area (Å²) in [4.78, 5) is 17.3. The van der Waals surface area contributed by atoms with Crippen molar-refractivity contribution in [3.05, 3.63) is 58.7 Å². The number of hydrogen-bond donors (Lipinski definition) is 0. The molecule has 1 amide bonds. The van der Waals surface area contributed by atoms with Gasteiger partial charge < -0.3 is 9.09 Å². The van der Waals surface area contributed by atoms with Crippen molar-refractivity contribution < 1.29 is 9.32 Å². The van der Waals surface area contributed by atoms with E-state index in [0.29, 0.717) is 17.1 Å². The van der Waals surface area contributed by atoms with Crippen LogP contribution in [0.25, 0.3) is 10.2 Å². The number of hydrogen-bond acceptors (Lipinski definition) is 4. The number of aryl methyl sites for hydroxylation is 2. The van der Waals surface area contributed by atoms with Crippen LogP contribution in [0.4, 0.5) is 0 Å². The first-order chi connectivity index (χ1) is 12.1. The third-order valence-corrected chi connectivity index (χ3v) is 4.96. The molecule has 0 spiro atoms. The summed E-state index contributed by atoms with van der Waals surface area (Å²) in [6.45, 7) is 8.35. The molecule has 0 bridgehead atoms. The molecule has 25 heavy (non-hydrogen) atoms. The molecule has 0 atom stereocenters. The molecule has 2 heterocycles. The first-order valence-corrected chi connectivity index (χ1v) is 9.19. The second-order valence-electron chi connectivity index (χ2n) is 5.93. The van der Waals surface area contributed by atoms with Gasteiger partial charge in [-0.1, -0.05) is 42.0 Å². The Morgan fingerprint density at radius 2 is 2.28 bits per heavy atom. The zero-order valence-corrected chi connectivity index (χ0v) is 15.3. The minimum absolute atomic E-state index is 0.226. The van der Waals surface area contributed by atoms with Gasteiger partial charge in [0.15, 0.2) is 10.5 Å². The molecule has 0 aliphatic rings. The van der Waals surface area contributed by atoms with Gasteiger partial charge in [0.1, 0.15) is 5.76 Å². The van der Waals surface area contributed by atoms with E-state index in [1.807, 2.05) is 4.57 Å². The van der Waals surface area contributed by atoms with Crippen molar-refractivity contribution in [3.8, 4) is 0 Å². The number of benzene rings is 1. The second-order valence-corrected chi connectivity index (χ2v) is 6.94. The average Bonchev–Trinajstić information content (AvgIpc) is 3.17. The smallest absolute Gasteiger partial charge is 0.301 e. The van der Waals surface area contributed by atoms with Gasteiger partial charge in [0.25, 0.3) is 0 Å². The number of allylic oxidation sites excluding steroid dienone is 1. The Labute approximate surface area is 150 Å². The maximum Gasteiger partial charge on any atom is 0.301 e. The largest absolute Gasteiger partial charge is 0.361 e. The Kier molecular flexibility index (Phi) is 5.28. The van der Waals surface area contributed by atoms with Crippen LogP contribution in [0.2, 0.25) is 0 Å². The summed E-state index contributed by atoms with van der Waals surface area (Å²) in [5.74, 6) is 0.196. The first-order valence-electron chi connectivity index (χ1n) is 8.38. The predicted octanol–water partition coefficient (Wildman–Crippen LogP) is 4.27. The van der Waals surface area contributed by atoms with E-state index in [1.54, 1.807) is 19.1 Å². The van der Waals surface area contributed by atoms with E-state index in [-0.39, 0.29) is 5.69 Å². The molecule has 0 aliphatic heterocycles. The molecule has 0 aliphatic carbocycles. The van der Waals surface area contributed by atoms with E-state index >= 15 is 0 Å². The zero-order valence-electron chi connectivity index (χ0n) is 14.5. The van der Waals surface area contributed by atoms with Gasteiger partial charge in [0, 0.05) is 12.6 Å². The molecule has 130 valence electrons. The summed E-state index contributed by atoms with van der Waals surface area (Å²) in [7, 11) is 0. The van der Waals surface area contributed by atoms with Crippen LogP contribution < -0.4 is 4.80 Å². The maximum atomic E-state index is 12.3. The second kappa shape index (κ2) is 7.61. The highest BCUT2D eigenvalue weighted by molar-refractivity contribution is 7.16. The topological polar surface area (TPSA) is 60.4 Å². The Hall–Kier alpha value is -2.47. The van der Waals surface area contributed by atoms with Gasteiger partial charge in [0.05, 0.1) is 10.2 Å². The standard InChI is InChI=1S/C19H21N3O2S/c1-4-6-7-14-8-9-16-17(12-14)25-19(22(16)10-5-2)20-18(23)15-11-13(3)24-21-15/h5,8-9,11-12H,2,4,6-7,10H2,1,3H3. The lowest BCUT2D eigenvalue weighted by molar-refractivity contribution is 0.0989. The Balaban J connectivity index is 2.06. The molecular formula is C19H21N3O2S. The summed E-state index contributed by atoms with van der Waals surface area (Å²) in [6.07, 6.45) is 5.21. The Morgan fingerprint density at radius 1 is 1.44 bits per heavy atom. The van der Waals surface area contributed by atoms with Gasteiger partial charge in [-0.25, -0.2) is 0 Å². The van der Waals surface area contributed by atoms with E-state index in [4.69, 9.17) is 4.52 Å². The van der Waals surface area contributed by atoms with Crippen molar-refractivity contribution >= 4 is 27.5 Å². The number of nitrogens with zero attached hydrogens (tertiary/aromatic N) is 3. The number of aromatic nitrogens is 2. The number of rotatable bonds is 6. The highest BCUT2D eigenvalue weighted by atomic mass is 32.1. The first kappa shape index (κ1) is 17.4. The van der Waals surface area contributed by atoms with Gasteiger partial charge in [-0.15, -0.1) is 6.58 Å². The molecular weight excluding hydrogens is 334 g/mol. The third kappa shape index (κ3) is 3.79. The van der Waals surface area contributed by atoms with Gasteiger partial charge >= 0.3 is 5.91 Å². The molecule has 0 unspecified atom stereocenters. The van der Waals surface area contributed by atoms with Crippen molar-refractivity contribution in [1.29, 1.82) is 0 Å². The molecule has 0 radical (unpaired) electrons. The predicted molar refractivity (Wildman–Crippen MR) is 99.8 cm³/mol. The number of carbonyl (C=O) groups is 1. The lowest BCUT2D eigenvalue weighted by Crippen LogP contribution is -2.16. The molecule has 3 aromatic rings. The molecule has 2 aromatic heterocycles. The summed E-state index contributed by atoms with van der Waals surface area (Å²) in [5.41, 5.74) is 2.60. The Bertz CT molecular complexity index is 978. The van der Waals surface area contributed by atoms with Crippen LogP contribution >= 0.6 is 11.3 Å². The molecule has 0 saturated heterocycles. The minimum Gasteiger partial charge on any atom is -0.361 e. The van der Waals surface area contributed by atoms with Gasteiger partial charge in [-0.2, -0.15) is 4.99 Å². The average molecular weight is 355 g/mol. The maximum absolute atomic E-state index is 12.3. The Morgan fingerprint density at radius 3 is 2.96 bits per heavy atom. The fourth-order valence-corrected chi connectivity index (χ4v) is 3.76. The lowest BCUT2D eigenvalue weighted by atomic mass is 10.1. The van der Waals surface area contributed by atoms with Crippen molar-refractivity contribution in [2.24, 2.45) is 4.99 Å². The fraction of sp³-hybridized carbons (Fsp3) is 0.316. The molecule has 0 saturated carbocycles. The minimum atomic E-state index is -0.396. The van der Waals surface area contributed by atoms with Crippen LogP contribution in [-0.4, -0.2) is 15.6 Å². The quantitative estimate of drug-likeness (QED) is 0.620. The van der Waals surface area contributed by atoms with Crippen LogP contribution in [0.5, 0.6) is 0 Å². The summed E-state index contributed by atoms with van der Waals surface area (Å²) >= 11 is 1.51. The van der Waals surface area contributed by atoms with Gasteiger partial charge in [-0.05, 0) is 37.5 Å². The summed E-state index contributed by atoms with van der Waals surface area (Å²) in [5, 5.41) is 3.75. The van der Waals surface area contributed by atoms with Crippen LogP contribution in [0, 0.1) is 6.92 Å². The van der Waals surface area contributed by atoms with Crippen molar-refractivity contribution in [3.63, 3.8) is 0 Å². The number of unbranched alkanes of at least 4 members (excludes halogenated alkanes) is 1. The number of thiazole rings is 1. The van der Waals surface area contributed by atoms with Crippen LogP contribution in [0.15, 0.2) is 46.4 Å². The normalized spacial score (nSPS) is 12.0. The monoisotopic (exact) mass is 355 g/mol. The number of carbonyl (C=O) groups excluding carboxylic acids is 1. The van der Waals surface area contributed by atoms with Crippen LogP contribution in [0.3, 0.4) is 0 Å². The number of amides is 1. The van der Waals surface area contributed by atoms with Crippen LogP contribution in [0.1, 0.15) is 41.6 Å². The SMILES string of the molecule is C=CCn1c(=NC(=O)c2cc(C)on2)sc2cc(CCCC)ccc21. The molecule has 5 nitrogen and oxygen atoms in total. The van der Waals surface area contributed by atoms with Crippen molar-refractivity contribution in [1.82, 2.24) is 9.72 Å². The van der Waals surface area contributed by atoms with E-state index in [1.165, 1.54) is 29.7 Å². The molecule has 0 N–H and O–H groups in total. The zero-order chi connectivity index (χ0) is 17.8. The summed E-state index contributed by atoms with van der Waals surface area (Å²) < 4.78 is 8.09. The van der Waals surface area contributed by atoms with Crippen molar-refractivity contribution in [2.75, 3.05) is 0 Å². The van der Waals surface area contributed by atoms with E-state index in [2.05, 4.69) is 41.9 Å². The van der Waals surface area contributed by atoms with Gasteiger partial charge in [0.2, 0.25) is 0 Å². The third-order valence-electron chi connectivity index (χ3n) is 3.92. The molecule has 3 rings (SSSR count). The molecule has 1 aromatic carbocycles. The highest BCUT2D eigenvalue weighted by Gasteiger charge is 2.12. The van der Waals surface area contributed by atoms with E-state index < -0.39 is 5.91 Å². The van der Waals surface area contributed by atoms with Gasteiger partial charge in [-0.3, -0.25) is 4.79 Å². The lowest BCUT2D eigenvalue weighted by Gasteiger charge is -2.03. The van der Waals surface area contributed by atoms with Crippen molar-refractivity contribution in [2.45, 2.75) is 39.7 Å². The molecule has 0 fully saturated rings. The summed E-state index contributed by atoms with van der Waals surface area (Å²) in [6, 6.07) is 8.04.